The second-order valence-corrected chi connectivity index (χ2v) is 8.95. The largest absolute Gasteiger partial charge is 0.494 e. The Morgan fingerprint density at radius 3 is 2.35 bits per heavy atom. The highest BCUT2D eigenvalue weighted by Crippen LogP contribution is 2.17. The van der Waals surface area contributed by atoms with E-state index >= 15 is 0 Å². The lowest BCUT2D eigenvalue weighted by atomic mass is 10.1. The van der Waals surface area contributed by atoms with E-state index in [1.54, 1.807) is 19.1 Å². The van der Waals surface area contributed by atoms with Crippen LogP contribution in [0.15, 0.2) is 29.4 Å². The van der Waals surface area contributed by atoms with E-state index < -0.39 is 22.5 Å². The highest BCUT2D eigenvalue weighted by molar-refractivity contribution is 7.81. The Labute approximate surface area is 186 Å². The number of hydrogen-bond acceptors (Lipinski definition) is 8. The predicted octanol–water partition coefficient (Wildman–Crippen LogP) is 2.39. The number of hydrogen-bond donors (Lipinski definition) is 2. The van der Waals surface area contributed by atoms with Gasteiger partial charge in [-0.25, -0.2) is 10.2 Å². The molecule has 9 nitrogen and oxygen atoms in total. The molecule has 0 unspecified atom stereocenters. The van der Waals surface area contributed by atoms with Gasteiger partial charge >= 0.3 is 5.97 Å². The smallest absolute Gasteiger partial charge is 0.333 e. The fraction of sp³-hybridized carbons (Fsp3) is 0.476. The first-order valence-electron chi connectivity index (χ1n) is 9.90. The Bertz CT molecular complexity index is 845. The van der Waals surface area contributed by atoms with Crippen LogP contribution in [0.25, 0.3) is 0 Å². The number of thiol groups is 1. The number of carbonyl (C=O) groups excluding carboxylic acids is 4. The predicted molar refractivity (Wildman–Crippen MR) is 116 cm³/mol. The first-order chi connectivity index (χ1) is 14.5. The van der Waals surface area contributed by atoms with Crippen LogP contribution in [0.1, 0.15) is 58.4 Å². The molecule has 3 amide bonds. The first-order valence-corrected chi connectivity index (χ1v) is 10.4. The third-order valence-electron chi connectivity index (χ3n) is 4.21. The van der Waals surface area contributed by atoms with E-state index in [4.69, 9.17) is 9.57 Å². The minimum atomic E-state index is -0.655. The van der Waals surface area contributed by atoms with Gasteiger partial charge in [0.25, 0.3) is 11.8 Å². The Kier molecular flexibility index (Phi) is 8.61. The molecule has 1 saturated heterocycles. The lowest BCUT2D eigenvalue weighted by molar-refractivity contribution is -0.197. The summed E-state index contributed by atoms with van der Waals surface area (Å²) in [7, 11) is 0. The highest BCUT2D eigenvalue weighted by Gasteiger charge is 2.32. The number of hydrazone groups is 1. The normalized spacial score (nSPS) is 14.6. The molecule has 0 aromatic heterocycles. The van der Waals surface area contributed by atoms with Crippen molar-refractivity contribution in [3.8, 4) is 5.75 Å². The van der Waals surface area contributed by atoms with Crippen LogP contribution in [0.3, 0.4) is 0 Å². The van der Waals surface area contributed by atoms with Gasteiger partial charge in [-0.2, -0.15) is 17.7 Å². The molecule has 1 aliphatic heterocycles. The maximum absolute atomic E-state index is 11.8. The summed E-state index contributed by atoms with van der Waals surface area (Å²) < 4.78 is 5.17. The van der Waals surface area contributed by atoms with Crippen LogP contribution in [0, 0.1) is 0 Å². The number of hydroxylamine groups is 2. The van der Waals surface area contributed by atoms with E-state index in [0.717, 1.165) is 5.56 Å². The Hall–Kier alpha value is -2.88. The lowest BCUT2D eigenvalue weighted by Gasteiger charge is -2.15. The number of nitrogens with zero attached hydrogens (tertiary/aromatic N) is 2. The molecular weight excluding hydrogens is 422 g/mol. The van der Waals surface area contributed by atoms with Crippen molar-refractivity contribution in [2.24, 2.45) is 5.10 Å². The molecule has 0 saturated carbocycles. The van der Waals surface area contributed by atoms with Crippen LogP contribution in [-0.2, 0) is 24.0 Å². The van der Waals surface area contributed by atoms with Crippen LogP contribution in [0.5, 0.6) is 5.75 Å². The molecule has 1 aromatic carbocycles. The lowest BCUT2D eigenvalue weighted by Crippen LogP contribution is -2.32. The van der Waals surface area contributed by atoms with Crippen molar-refractivity contribution < 1.29 is 28.8 Å². The third kappa shape index (κ3) is 8.41. The summed E-state index contributed by atoms with van der Waals surface area (Å²) in [5.41, 5.74) is 3.98. The summed E-state index contributed by atoms with van der Waals surface area (Å²) in [4.78, 5) is 51.2. The highest BCUT2D eigenvalue weighted by atomic mass is 32.1. The maximum atomic E-state index is 11.8. The minimum Gasteiger partial charge on any atom is -0.494 e. The molecule has 31 heavy (non-hydrogen) atoms. The van der Waals surface area contributed by atoms with Gasteiger partial charge in [0.2, 0.25) is 5.91 Å². The zero-order valence-electron chi connectivity index (χ0n) is 17.8. The molecule has 1 heterocycles. The molecule has 2 rings (SSSR count). The van der Waals surface area contributed by atoms with Crippen molar-refractivity contribution in [2.45, 2.75) is 57.6 Å². The topological polar surface area (TPSA) is 114 Å². The van der Waals surface area contributed by atoms with E-state index in [2.05, 4.69) is 23.2 Å². The van der Waals surface area contributed by atoms with Gasteiger partial charge in [0.05, 0.1) is 18.7 Å². The number of benzene rings is 1. The van der Waals surface area contributed by atoms with E-state index in [-0.39, 0.29) is 38.2 Å². The van der Waals surface area contributed by atoms with Gasteiger partial charge in [-0.15, -0.1) is 5.06 Å². The molecule has 1 aromatic rings. The van der Waals surface area contributed by atoms with Crippen LogP contribution in [0.4, 0.5) is 0 Å². The van der Waals surface area contributed by atoms with Crippen molar-refractivity contribution in [1.82, 2.24) is 10.5 Å². The van der Waals surface area contributed by atoms with Crippen LogP contribution in [0.2, 0.25) is 0 Å². The summed E-state index contributed by atoms with van der Waals surface area (Å²) in [5.74, 6) is -1.26. The van der Waals surface area contributed by atoms with Gasteiger partial charge < -0.3 is 9.57 Å². The van der Waals surface area contributed by atoms with E-state index in [9.17, 15) is 19.2 Å². The van der Waals surface area contributed by atoms with E-state index in [1.807, 2.05) is 26.0 Å². The fourth-order valence-electron chi connectivity index (χ4n) is 2.65. The number of nitrogens with one attached hydrogen (secondary N) is 1. The van der Waals surface area contributed by atoms with E-state index in [0.29, 0.717) is 22.9 Å². The number of rotatable bonds is 10. The van der Waals surface area contributed by atoms with Crippen molar-refractivity contribution in [1.29, 1.82) is 0 Å². The molecule has 1 fully saturated rings. The molecule has 10 heteroatoms. The molecule has 0 bridgehead atoms. The average Bonchev–Trinajstić information content (AvgIpc) is 3.00. The van der Waals surface area contributed by atoms with Gasteiger partial charge in [-0.05, 0) is 43.2 Å². The van der Waals surface area contributed by atoms with Gasteiger partial charge in [0, 0.05) is 24.0 Å². The molecule has 0 aliphatic carbocycles. The summed E-state index contributed by atoms with van der Waals surface area (Å²) in [5, 5.41) is 4.63. The van der Waals surface area contributed by atoms with Gasteiger partial charge in [-0.3, -0.25) is 14.4 Å². The van der Waals surface area contributed by atoms with Crippen molar-refractivity contribution in [2.75, 3.05) is 6.61 Å². The molecule has 0 radical (unpaired) electrons. The molecule has 1 aliphatic rings. The fourth-order valence-corrected chi connectivity index (χ4v) is 2.79. The number of ether oxygens (including phenoxy) is 1. The average molecular weight is 450 g/mol. The monoisotopic (exact) mass is 449 g/mol. The van der Waals surface area contributed by atoms with Crippen LogP contribution in [-0.4, -0.2) is 45.8 Å². The minimum absolute atomic E-state index is 0.0176. The summed E-state index contributed by atoms with van der Waals surface area (Å²) in [6, 6.07) is 7.13. The van der Waals surface area contributed by atoms with Gasteiger partial charge in [0.15, 0.2) is 0 Å². The zero-order valence-corrected chi connectivity index (χ0v) is 18.7. The SMILES string of the molecule is C/C(=N\NC(=O)CC(C)(C)S)c1ccc(OCCCC(=O)ON2C(=O)CCC2=O)cc1. The second-order valence-electron chi connectivity index (χ2n) is 7.74. The second kappa shape index (κ2) is 10.9. The van der Waals surface area contributed by atoms with Crippen LogP contribution < -0.4 is 10.2 Å². The number of carbonyl (C=O) groups is 4. The Balaban J connectivity index is 1.72. The Morgan fingerprint density at radius 1 is 1.16 bits per heavy atom. The Morgan fingerprint density at radius 2 is 1.77 bits per heavy atom. The van der Waals surface area contributed by atoms with Crippen molar-refractivity contribution in [3.05, 3.63) is 29.8 Å². The number of imide groups is 1. The summed E-state index contributed by atoms with van der Waals surface area (Å²) in [6.45, 7) is 5.75. The molecule has 0 spiro atoms. The summed E-state index contributed by atoms with van der Waals surface area (Å²) in [6.07, 6.45) is 0.761. The van der Waals surface area contributed by atoms with Crippen molar-refractivity contribution >= 4 is 42.0 Å². The van der Waals surface area contributed by atoms with Crippen molar-refractivity contribution in [3.63, 3.8) is 0 Å². The molecule has 0 atom stereocenters. The third-order valence-corrected chi connectivity index (χ3v) is 4.36. The first kappa shape index (κ1) is 24.4. The molecular formula is C21H27N3O6S. The molecule has 1 N–H and O–H groups in total. The maximum Gasteiger partial charge on any atom is 0.333 e. The summed E-state index contributed by atoms with van der Waals surface area (Å²) >= 11 is 4.32. The van der Waals surface area contributed by atoms with Gasteiger partial charge in [0.1, 0.15) is 5.75 Å². The van der Waals surface area contributed by atoms with Gasteiger partial charge in [-0.1, -0.05) is 13.8 Å². The quantitative estimate of drug-likeness (QED) is 0.186. The standard InChI is InChI=1S/C21H27N3O6S/c1-14(22-23-17(25)13-21(2,3)31)15-6-8-16(9-7-15)29-12-4-5-20(28)30-24-18(26)10-11-19(24)27/h6-9,31H,4-5,10-13H2,1-3H3,(H,23,25)/b22-14+. The van der Waals surface area contributed by atoms with Crippen LogP contribution >= 0.6 is 12.6 Å². The number of amides is 3. The molecule has 168 valence electrons. The zero-order chi connectivity index (χ0) is 23.0. The van der Waals surface area contributed by atoms with E-state index in [1.165, 1.54) is 0 Å².